The lowest BCUT2D eigenvalue weighted by atomic mass is 9.96. The van der Waals surface area contributed by atoms with Crippen LogP contribution in [0.4, 0.5) is 4.79 Å². The molecule has 0 radical (unpaired) electrons. The average molecular weight is 437 g/mol. The lowest BCUT2D eigenvalue weighted by Crippen LogP contribution is -2.34. The van der Waals surface area contributed by atoms with Crippen molar-refractivity contribution in [1.82, 2.24) is 10.6 Å². The third kappa shape index (κ3) is 5.55. The van der Waals surface area contributed by atoms with Crippen LogP contribution in [0.3, 0.4) is 0 Å². The van der Waals surface area contributed by atoms with Gasteiger partial charge in [0.15, 0.2) is 0 Å². The van der Waals surface area contributed by atoms with Crippen LogP contribution in [0.2, 0.25) is 0 Å². The fourth-order valence-corrected chi connectivity index (χ4v) is 3.84. The van der Waals surface area contributed by atoms with Crippen LogP contribution in [-0.4, -0.2) is 42.8 Å². The van der Waals surface area contributed by atoms with E-state index in [1.165, 1.54) is 12.2 Å². The molecule has 3 rings (SSSR count). The number of hydrogen-bond donors (Lipinski definition) is 3. The van der Waals surface area contributed by atoms with Crippen molar-refractivity contribution in [2.24, 2.45) is 11.8 Å². The monoisotopic (exact) mass is 436 g/mol. The molecule has 0 saturated heterocycles. The summed E-state index contributed by atoms with van der Waals surface area (Å²) >= 11 is 0. The summed E-state index contributed by atoms with van der Waals surface area (Å²) in [5.41, 5.74) is 4.60. The summed E-state index contributed by atoms with van der Waals surface area (Å²) in [6, 6.07) is 16.2. The van der Waals surface area contributed by atoms with Crippen molar-refractivity contribution < 1.29 is 24.2 Å². The van der Waals surface area contributed by atoms with E-state index in [-0.39, 0.29) is 31.5 Å². The molecule has 0 aliphatic heterocycles. The van der Waals surface area contributed by atoms with Crippen LogP contribution in [-0.2, 0) is 14.3 Å². The predicted octanol–water partition coefficient (Wildman–Crippen LogP) is 3.55. The Kier molecular flexibility index (Phi) is 7.65. The topological polar surface area (TPSA) is 105 Å². The van der Waals surface area contributed by atoms with Gasteiger partial charge in [0, 0.05) is 25.1 Å². The second kappa shape index (κ2) is 10.6. The van der Waals surface area contributed by atoms with Gasteiger partial charge < -0.3 is 20.5 Å². The lowest BCUT2D eigenvalue weighted by Gasteiger charge is -2.16. The minimum Gasteiger partial charge on any atom is -0.481 e. The number of carbonyl (C=O) groups is 3. The molecule has 7 heteroatoms. The highest BCUT2D eigenvalue weighted by Gasteiger charge is 2.28. The van der Waals surface area contributed by atoms with E-state index < -0.39 is 23.9 Å². The largest absolute Gasteiger partial charge is 0.481 e. The van der Waals surface area contributed by atoms with Gasteiger partial charge >= 0.3 is 12.1 Å². The Bertz CT molecular complexity index is 969. The number of rotatable bonds is 9. The molecular formula is C25H28N2O5. The van der Waals surface area contributed by atoms with Crippen molar-refractivity contribution in [2.75, 3.05) is 19.7 Å². The van der Waals surface area contributed by atoms with Crippen molar-refractivity contribution in [3.05, 3.63) is 71.8 Å². The van der Waals surface area contributed by atoms with Gasteiger partial charge in [-0.05, 0) is 28.2 Å². The van der Waals surface area contributed by atoms with Crippen LogP contribution >= 0.6 is 0 Å². The summed E-state index contributed by atoms with van der Waals surface area (Å²) in [6.45, 7) is 3.97. The molecule has 168 valence electrons. The van der Waals surface area contributed by atoms with Gasteiger partial charge in [-0.1, -0.05) is 68.5 Å². The van der Waals surface area contributed by atoms with Gasteiger partial charge in [-0.3, -0.25) is 9.59 Å². The lowest BCUT2D eigenvalue weighted by molar-refractivity contribution is -0.143. The van der Waals surface area contributed by atoms with Crippen LogP contribution in [0.25, 0.3) is 11.1 Å². The standard InChI is InChI=1S/C25H28N2O5/c1-16(2)21(24(29)30)14-27-23(28)12-7-13-26-25(31)32-15-22-19-10-5-3-8-17(19)18-9-4-6-11-20(18)22/h3-12,16,21-22H,13-15H2,1-2H3,(H,26,31)(H,27,28)(H,29,30)/b12-7+. The van der Waals surface area contributed by atoms with E-state index >= 15 is 0 Å². The Morgan fingerprint density at radius 3 is 2.16 bits per heavy atom. The van der Waals surface area contributed by atoms with Crippen molar-refractivity contribution in [1.29, 1.82) is 0 Å². The minimum atomic E-state index is -0.943. The Hall–Kier alpha value is -3.61. The van der Waals surface area contributed by atoms with Gasteiger partial charge in [0.1, 0.15) is 6.61 Å². The first kappa shape index (κ1) is 23.1. The first-order valence-electron chi connectivity index (χ1n) is 10.6. The summed E-state index contributed by atoms with van der Waals surface area (Å²) in [4.78, 5) is 35.1. The minimum absolute atomic E-state index is 0.0161. The number of ether oxygens (including phenoxy) is 1. The molecule has 0 saturated carbocycles. The molecule has 1 aliphatic carbocycles. The van der Waals surface area contributed by atoms with Crippen LogP contribution < -0.4 is 10.6 Å². The molecule has 2 amide bonds. The number of carboxylic acids is 1. The maximum Gasteiger partial charge on any atom is 0.407 e. The number of fused-ring (bicyclic) bond motifs is 3. The number of hydrogen-bond acceptors (Lipinski definition) is 4. The molecule has 1 atom stereocenters. The van der Waals surface area contributed by atoms with Crippen LogP contribution in [0, 0.1) is 11.8 Å². The number of alkyl carbamates (subject to hydrolysis) is 1. The molecule has 2 aromatic rings. The van der Waals surface area contributed by atoms with Gasteiger partial charge in [-0.2, -0.15) is 0 Å². The van der Waals surface area contributed by atoms with Gasteiger partial charge in [-0.25, -0.2) is 4.79 Å². The molecule has 0 aromatic heterocycles. The van der Waals surface area contributed by atoms with E-state index in [1.807, 2.05) is 24.3 Å². The van der Waals surface area contributed by atoms with Crippen molar-refractivity contribution in [3.8, 4) is 11.1 Å². The molecule has 3 N–H and O–H groups in total. The molecular weight excluding hydrogens is 408 g/mol. The predicted molar refractivity (Wildman–Crippen MR) is 121 cm³/mol. The second-order valence-corrected chi connectivity index (χ2v) is 8.04. The van der Waals surface area contributed by atoms with Gasteiger partial charge in [0.25, 0.3) is 0 Å². The number of nitrogens with one attached hydrogen (secondary N) is 2. The molecule has 0 fully saturated rings. The average Bonchev–Trinajstić information content (AvgIpc) is 3.09. The summed E-state index contributed by atoms with van der Waals surface area (Å²) in [7, 11) is 0. The fraction of sp³-hybridized carbons (Fsp3) is 0.320. The summed E-state index contributed by atoms with van der Waals surface area (Å²) < 4.78 is 5.43. The third-order valence-corrected chi connectivity index (χ3v) is 5.60. The fourth-order valence-electron chi connectivity index (χ4n) is 3.84. The van der Waals surface area contributed by atoms with Gasteiger partial charge in [0.2, 0.25) is 5.91 Å². The molecule has 7 nitrogen and oxygen atoms in total. The third-order valence-electron chi connectivity index (χ3n) is 5.60. The van der Waals surface area contributed by atoms with E-state index in [9.17, 15) is 14.4 Å². The summed E-state index contributed by atoms with van der Waals surface area (Å²) in [5, 5.41) is 14.3. The molecule has 1 aliphatic rings. The summed E-state index contributed by atoms with van der Waals surface area (Å²) in [6.07, 6.45) is 2.19. The van der Waals surface area contributed by atoms with Gasteiger partial charge in [0.05, 0.1) is 5.92 Å². The van der Waals surface area contributed by atoms with Crippen LogP contribution in [0.5, 0.6) is 0 Å². The normalized spacial score (nSPS) is 13.5. The quantitative estimate of drug-likeness (QED) is 0.522. The number of carbonyl (C=O) groups excluding carboxylic acids is 2. The van der Waals surface area contributed by atoms with Crippen LogP contribution in [0.1, 0.15) is 30.9 Å². The zero-order chi connectivity index (χ0) is 23.1. The molecule has 0 spiro atoms. The van der Waals surface area contributed by atoms with E-state index in [1.54, 1.807) is 13.8 Å². The highest BCUT2D eigenvalue weighted by atomic mass is 16.5. The molecule has 0 heterocycles. The molecule has 1 unspecified atom stereocenters. The van der Waals surface area contributed by atoms with Crippen LogP contribution in [0.15, 0.2) is 60.7 Å². The van der Waals surface area contributed by atoms with E-state index in [0.29, 0.717) is 0 Å². The highest BCUT2D eigenvalue weighted by molar-refractivity contribution is 5.88. The first-order valence-corrected chi connectivity index (χ1v) is 10.6. The first-order chi connectivity index (χ1) is 15.4. The maximum atomic E-state index is 12.1. The number of carboxylic acid groups (broad SMARTS) is 1. The Balaban J connectivity index is 1.44. The highest BCUT2D eigenvalue weighted by Crippen LogP contribution is 2.44. The Morgan fingerprint density at radius 1 is 1.00 bits per heavy atom. The van der Waals surface area contributed by atoms with Gasteiger partial charge in [-0.15, -0.1) is 0 Å². The van der Waals surface area contributed by atoms with Crippen molar-refractivity contribution in [2.45, 2.75) is 19.8 Å². The molecule has 2 aromatic carbocycles. The van der Waals surface area contributed by atoms with Crippen molar-refractivity contribution >= 4 is 18.0 Å². The summed E-state index contributed by atoms with van der Waals surface area (Å²) in [5.74, 6) is -2.11. The molecule has 32 heavy (non-hydrogen) atoms. The van der Waals surface area contributed by atoms with E-state index in [4.69, 9.17) is 9.84 Å². The van der Waals surface area contributed by atoms with Crippen molar-refractivity contribution in [3.63, 3.8) is 0 Å². The molecule has 0 bridgehead atoms. The smallest absolute Gasteiger partial charge is 0.407 e. The zero-order valence-corrected chi connectivity index (χ0v) is 18.2. The Labute approximate surface area is 187 Å². The number of amides is 2. The Morgan fingerprint density at radius 2 is 1.59 bits per heavy atom. The number of benzene rings is 2. The van der Waals surface area contributed by atoms with E-state index in [0.717, 1.165) is 22.3 Å². The zero-order valence-electron chi connectivity index (χ0n) is 18.2. The maximum absolute atomic E-state index is 12.1. The SMILES string of the molecule is CC(C)C(CNC(=O)/C=C/CNC(=O)OCC1c2ccccc2-c2ccccc21)C(=O)O. The second-order valence-electron chi connectivity index (χ2n) is 8.04. The van der Waals surface area contributed by atoms with E-state index in [2.05, 4.69) is 34.9 Å². The number of aliphatic carboxylic acids is 1.